The van der Waals surface area contributed by atoms with Crippen molar-refractivity contribution in [3.63, 3.8) is 0 Å². The first kappa shape index (κ1) is 37.4. The summed E-state index contributed by atoms with van der Waals surface area (Å²) in [6.07, 6.45) is 5.20. The van der Waals surface area contributed by atoms with Gasteiger partial charge in [0, 0.05) is 12.2 Å². The number of thiocarbonyl (C=S) groups is 1. The van der Waals surface area contributed by atoms with Crippen LogP contribution < -0.4 is 5.32 Å². The van der Waals surface area contributed by atoms with Crippen LogP contribution in [0.4, 0.5) is 15.3 Å². The fourth-order valence-electron chi connectivity index (χ4n) is 5.18. The number of nitrogens with one attached hydrogen (secondary N) is 1. The maximum Gasteiger partial charge on any atom is 0.417 e. The lowest BCUT2D eigenvalue weighted by Gasteiger charge is -2.48. The summed E-state index contributed by atoms with van der Waals surface area (Å²) in [6, 6.07) is 6.26. The monoisotopic (exact) mass is 671 g/mol. The molecule has 3 amide bonds. The van der Waals surface area contributed by atoms with Crippen LogP contribution in [0.2, 0.25) is 18.1 Å². The van der Waals surface area contributed by atoms with E-state index in [-0.39, 0.29) is 10.0 Å². The van der Waals surface area contributed by atoms with Crippen molar-refractivity contribution in [1.29, 1.82) is 0 Å². The molecule has 0 bridgehead atoms. The number of fused-ring (bicyclic) bond motifs is 1. The summed E-state index contributed by atoms with van der Waals surface area (Å²) < 4.78 is 17.7. The molecule has 254 valence electrons. The summed E-state index contributed by atoms with van der Waals surface area (Å²) in [5.41, 5.74) is 0.738. The molecule has 46 heavy (non-hydrogen) atoms. The van der Waals surface area contributed by atoms with Crippen molar-refractivity contribution < 1.29 is 28.3 Å². The third kappa shape index (κ3) is 9.07. The molecule has 2 aliphatic heterocycles. The van der Waals surface area contributed by atoms with E-state index in [0.29, 0.717) is 25.3 Å². The Hall–Kier alpha value is -3.02. The first-order chi connectivity index (χ1) is 21.0. The predicted octanol–water partition coefficient (Wildman–Crippen LogP) is 8.18. The van der Waals surface area contributed by atoms with E-state index in [1.165, 1.54) is 0 Å². The minimum Gasteiger partial charge on any atom is -0.444 e. The summed E-state index contributed by atoms with van der Waals surface area (Å²) in [7, 11) is -1.91. The number of carbonyl (C=O) groups excluding carboxylic acids is 3. The molecule has 11 heteroatoms. The van der Waals surface area contributed by atoms with Crippen LogP contribution in [0.25, 0.3) is 6.08 Å². The van der Waals surface area contributed by atoms with Crippen molar-refractivity contribution in [2.24, 2.45) is 5.92 Å². The average molecular weight is 672 g/mol. The molecule has 1 fully saturated rings. The quantitative estimate of drug-likeness (QED) is 0.184. The van der Waals surface area contributed by atoms with Crippen molar-refractivity contribution in [3.05, 3.63) is 47.6 Å². The van der Waals surface area contributed by atoms with Gasteiger partial charge in [0.1, 0.15) is 17.1 Å². The normalized spacial score (nSPS) is 21.1. The Morgan fingerprint density at radius 2 is 1.59 bits per heavy atom. The highest BCUT2D eigenvalue weighted by Crippen LogP contribution is 2.39. The van der Waals surface area contributed by atoms with Gasteiger partial charge in [0.15, 0.2) is 8.32 Å². The number of nitrogens with zero attached hydrogens (tertiary/aromatic N) is 2. The molecule has 1 N–H and O–H groups in total. The number of rotatable bonds is 6. The Labute approximate surface area is 281 Å². The zero-order chi connectivity index (χ0) is 34.8. The summed E-state index contributed by atoms with van der Waals surface area (Å²) in [4.78, 5) is 44.2. The highest BCUT2D eigenvalue weighted by Gasteiger charge is 2.53. The number of carbonyl (C=O) groups is 3. The molecule has 2 aliphatic rings. The zero-order valence-electron chi connectivity index (χ0n) is 29.6. The second-order valence-electron chi connectivity index (χ2n) is 15.5. The van der Waals surface area contributed by atoms with Crippen molar-refractivity contribution in [2.45, 2.75) is 117 Å². The smallest absolute Gasteiger partial charge is 0.417 e. The number of likely N-dealkylation sites (tertiary alicyclic amines) is 1. The molecule has 0 radical (unpaired) electrons. The summed E-state index contributed by atoms with van der Waals surface area (Å²) in [5, 5.41) is 3.40. The van der Waals surface area contributed by atoms with Crippen LogP contribution in [-0.4, -0.2) is 77.6 Å². The van der Waals surface area contributed by atoms with E-state index < -0.39 is 55.6 Å². The number of hydrogen-bond donors (Lipinski definition) is 1. The van der Waals surface area contributed by atoms with Crippen LogP contribution in [-0.2, 0) is 18.7 Å². The maximum atomic E-state index is 14.3. The lowest BCUT2D eigenvalue weighted by molar-refractivity contribution is -0.137. The summed E-state index contributed by atoms with van der Waals surface area (Å²) in [6.45, 7) is 24.3. The SMILES string of the molecule is C[C@@H]1C2=CCCN(C(=O)OC(C)(C)C)[C@@H]2C(C(=S)Nc2ccccc2/C=C\CO[Si](C)(C)C(C)(C)C)C(=O)N1C(=O)OC(C)(C)C. The van der Waals surface area contributed by atoms with Crippen LogP contribution >= 0.6 is 12.2 Å². The van der Waals surface area contributed by atoms with Crippen LogP contribution in [0.1, 0.15) is 81.2 Å². The number of hydrogen-bond acceptors (Lipinski definition) is 7. The molecule has 1 saturated heterocycles. The standard InChI is InChI=1S/C35H53N3O6SSi/c1-23-25-19-15-21-37(31(40)43-33(2,3)4)28(25)27(30(39)38(23)32(41)44-34(5,6)7)29(45)36-26-20-14-13-17-24(26)18-16-22-42-46(11,12)35(8,9)10/h13-14,16-20,23,27-28H,15,21-22H2,1-12H3,(H,36,45)/b18-16-/t23-,27?,28+/m1/s1. The molecule has 0 saturated carbocycles. The van der Waals surface area contributed by atoms with E-state index in [0.717, 1.165) is 16.0 Å². The molecule has 3 rings (SSSR count). The molecule has 2 heterocycles. The fourth-order valence-corrected chi connectivity index (χ4v) is 6.47. The van der Waals surface area contributed by atoms with E-state index in [9.17, 15) is 14.4 Å². The lowest BCUT2D eigenvalue weighted by Crippen LogP contribution is -2.65. The lowest BCUT2D eigenvalue weighted by atomic mass is 9.79. The first-order valence-electron chi connectivity index (χ1n) is 16.0. The van der Waals surface area contributed by atoms with Gasteiger partial charge in [-0.15, -0.1) is 0 Å². The maximum absolute atomic E-state index is 14.3. The topological polar surface area (TPSA) is 97.4 Å². The van der Waals surface area contributed by atoms with Gasteiger partial charge in [-0.3, -0.25) is 9.69 Å². The molecule has 0 aliphatic carbocycles. The van der Waals surface area contributed by atoms with Crippen LogP contribution in [0.5, 0.6) is 0 Å². The van der Waals surface area contributed by atoms with E-state index in [4.69, 9.17) is 26.1 Å². The van der Waals surface area contributed by atoms with Gasteiger partial charge in [-0.2, -0.15) is 0 Å². The van der Waals surface area contributed by atoms with Crippen molar-refractivity contribution in [2.75, 3.05) is 18.5 Å². The van der Waals surface area contributed by atoms with E-state index in [2.05, 4.69) is 39.2 Å². The van der Waals surface area contributed by atoms with Crippen LogP contribution in [0.15, 0.2) is 42.0 Å². The third-order valence-corrected chi connectivity index (χ3v) is 13.3. The fraction of sp³-hybridized carbons (Fsp3) is 0.600. The van der Waals surface area contributed by atoms with E-state index >= 15 is 0 Å². The Kier molecular flexibility index (Phi) is 11.4. The van der Waals surface area contributed by atoms with Gasteiger partial charge in [0.05, 0.1) is 23.7 Å². The summed E-state index contributed by atoms with van der Waals surface area (Å²) >= 11 is 5.96. The van der Waals surface area contributed by atoms with Crippen LogP contribution in [0.3, 0.4) is 0 Å². The minimum atomic E-state index is -1.91. The Morgan fingerprint density at radius 3 is 2.17 bits per heavy atom. The molecule has 1 unspecified atom stereocenters. The van der Waals surface area contributed by atoms with Gasteiger partial charge in [-0.05, 0) is 90.2 Å². The molecule has 0 aromatic heterocycles. The second-order valence-corrected chi connectivity index (χ2v) is 20.8. The van der Waals surface area contributed by atoms with Gasteiger partial charge >= 0.3 is 12.2 Å². The Morgan fingerprint density at radius 1 is 1.00 bits per heavy atom. The molecule has 1 aromatic carbocycles. The number of piperidine rings is 1. The Balaban J connectivity index is 1.98. The molecular weight excluding hydrogens is 619 g/mol. The number of ether oxygens (including phenoxy) is 2. The van der Waals surface area contributed by atoms with Gasteiger partial charge in [-0.25, -0.2) is 14.5 Å². The molecule has 1 aromatic rings. The Bertz CT molecular complexity index is 1390. The van der Waals surface area contributed by atoms with E-state index in [1.54, 1.807) is 53.4 Å². The number of anilines is 1. The molecule has 0 spiro atoms. The number of para-hydroxylation sites is 1. The van der Waals surface area contributed by atoms with Crippen LogP contribution in [0, 0.1) is 5.92 Å². The molecule has 9 nitrogen and oxygen atoms in total. The van der Waals surface area contributed by atoms with E-state index in [1.807, 2.05) is 42.5 Å². The summed E-state index contributed by atoms with van der Waals surface area (Å²) in [5.74, 6) is -1.59. The average Bonchev–Trinajstić information content (AvgIpc) is 2.89. The zero-order valence-corrected chi connectivity index (χ0v) is 31.5. The third-order valence-electron chi connectivity index (χ3n) is 8.48. The molecular formula is C35H53N3O6SSi. The van der Waals surface area contributed by atoms with Gasteiger partial charge in [0.2, 0.25) is 5.91 Å². The van der Waals surface area contributed by atoms with Gasteiger partial charge < -0.3 is 19.2 Å². The number of imide groups is 1. The van der Waals surface area contributed by atoms with Crippen molar-refractivity contribution >= 4 is 55.4 Å². The second kappa shape index (κ2) is 14.0. The number of amides is 3. The van der Waals surface area contributed by atoms with Crippen molar-refractivity contribution in [3.8, 4) is 0 Å². The minimum absolute atomic E-state index is 0.101. The predicted molar refractivity (Wildman–Crippen MR) is 190 cm³/mol. The van der Waals surface area contributed by atoms with Gasteiger partial charge in [0.25, 0.3) is 0 Å². The highest BCUT2D eigenvalue weighted by atomic mass is 32.1. The molecule has 3 atom stereocenters. The van der Waals surface area contributed by atoms with Crippen molar-refractivity contribution in [1.82, 2.24) is 9.80 Å². The largest absolute Gasteiger partial charge is 0.444 e. The van der Waals surface area contributed by atoms with Gasteiger partial charge in [-0.1, -0.05) is 69.4 Å². The highest BCUT2D eigenvalue weighted by molar-refractivity contribution is 7.80. The first-order valence-corrected chi connectivity index (χ1v) is 19.3. The number of benzene rings is 1.